The molecule has 0 fully saturated rings. The fourth-order valence-corrected chi connectivity index (χ4v) is 4.43. The highest BCUT2D eigenvalue weighted by Gasteiger charge is 2.32. The van der Waals surface area contributed by atoms with E-state index in [0.29, 0.717) is 30.0 Å². The van der Waals surface area contributed by atoms with Crippen molar-refractivity contribution in [3.05, 3.63) is 48.3 Å². The third kappa shape index (κ3) is 4.65. The molecule has 0 radical (unpaired) electrons. The molecule has 0 saturated heterocycles. The summed E-state index contributed by atoms with van der Waals surface area (Å²) >= 11 is 0. The van der Waals surface area contributed by atoms with E-state index in [9.17, 15) is 18.0 Å². The predicted octanol–water partition coefficient (Wildman–Crippen LogP) is 0.968. The topological polar surface area (TPSA) is 124 Å². The van der Waals surface area contributed by atoms with E-state index in [1.165, 1.54) is 30.6 Å². The lowest BCUT2D eigenvalue weighted by molar-refractivity contribution is -0.139. The molecule has 9 nitrogen and oxygen atoms in total. The molecule has 29 heavy (non-hydrogen) atoms. The van der Waals surface area contributed by atoms with Crippen LogP contribution in [-0.4, -0.2) is 45.1 Å². The fourth-order valence-electron chi connectivity index (χ4n) is 2.78. The van der Waals surface area contributed by atoms with Crippen molar-refractivity contribution in [3.63, 3.8) is 0 Å². The molecule has 0 spiro atoms. The van der Waals surface area contributed by atoms with Gasteiger partial charge in [-0.05, 0) is 30.2 Å². The molecule has 0 saturated carbocycles. The number of fused-ring (bicyclic) bond motifs is 1. The number of pyridine rings is 1. The number of ether oxygens (including phenoxy) is 2. The van der Waals surface area contributed by atoms with Gasteiger partial charge in [-0.3, -0.25) is 14.6 Å². The largest absolute Gasteiger partial charge is 0.454 e. The summed E-state index contributed by atoms with van der Waals surface area (Å²) in [6.45, 7) is 1.94. The SMILES string of the molecule is CCCNC(=O)C(=O)NC[C@@H](c1cccnc1)S(=O)(=O)c1ccc2c(c1)OCO2. The lowest BCUT2D eigenvalue weighted by Gasteiger charge is -2.19. The van der Waals surface area contributed by atoms with Crippen LogP contribution in [0.1, 0.15) is 24.2 Å². The van der Waals surface area contributed by atoms with E-state index >= 15 is 0 Å². The average Bonchev–Trinajstić information content (AvgIpc) is 3.20. The molecule has 2 aromatic rings. The van der Waals surface area contributed by atoms with Crippen molar-refractivity contribution in [2.24, 2.45) is 0 Å². The Morgan fingerprint density at radius 1 is 1.14 bits per heavy atom. The molecule has 1 aromatic carbocycles. The van der Waals surface area contributed by atoms with E-state index in [4.69, 9.17) is 9.47 Å². The maximum atomic E-state index is 13.3. The zero-order valence-corrected chi connectivity index (χ0v) is 16.6. The molecule has 2 N–H and O–H groups in total. The van der Waals surface area contributed by atoms with Gasteiger partial charge in [0.15, 0.2) is 21.3 Å². The standard InChI is InChI=1S/C19H21N3O6S/c1-2-7-21-18(23)19(24)22-11-17(13-4-3-8-20-10-13)29(25,26)14-5-6-15-16(9-14)28-12-27-15/h3-6,8-10,17H,2,7,11-12H2,1H3,(H,21,23)(H,22,24)/t17-/m0/s1. The van der Waals surface area contributed by atoms with E-state index in [2.05, 4.69) is 15.6 Å². The predicted molar refractivity (Wildman–Crippen MR) is 103 cm³/mol. The highest BCUT2D eigenvalue weighted by molar-refractivity contribution is 7.91. The van der Waals surface area contributed by atoms with Gasteiger partial charge in [-0.15, -0.1) is 0 Å². The van der Waals surface area contributed by atoms with Gasteiger partial charge in [-0.1, -0.05) is 13.0 Å². The Bertz CT molecular complexity index is 994. The molecule has 2 heterocycles. The summed E-state index contributed by atoms with van der Waals surface area (Å²) < 4.78 is 37.1. The van der Waals surface area contributed by atoms with Crippen molar-refractivity contribution in [1.29, 1.82) is 0 Å². The first kappa shape index (κ1) is 20.6. The van der Waals surface area contributed by atoms with Crippen molar-refractivity contribution in [2.75, 3.05) is 19.9 Å². The summed E-state index contributed by atoms with van der Waals surface area (Å²) in [5.74, 6) is -0.910. The number of nitrogens with zero attached hydrogens (tertiary/aromatic N) is 1. The fraction of sp³-hybridized carbons (Fsp3) is 0.316. The normalized spacial score (nSPS) is 13.6. The van der Waals surface area contributed by atoms with E-state index in [0.717, 1.165) is 0 Å². The first-order chi connectivity index (χ1) is 13.9. The van der Waals surface area contributed by atoms with Crippen LogP contribution in [0, 0.1) is 0 Å². The van der Waals surface area contributed by atoms with Crippen LogP contribution >= 0.6 is 0 Å². The number of hydrogen-bond donors (Lipinski definition) is 2. The van der Waals surface area contributed by atoms with Crippen LogP contribution in [0.5, 0.6) is 11.5 Å². The van der Waals surface area contributed by atoms with Crippen LogP contribution in [0.4, 0.5) is 0 Å². The molecule has 1 aromatic heterocycles. The number of carbonyl (C=O) groups is 2. The van der Waals surface area contributed by atoms with Crippen LogP contribution in [0.15, 0.2) is 47.6 Å². The number of rotatable bonds is 7. The van der Waals surface area contributed by atoms with Crippen LogP contribution in [0.3, 0.4) is 0 Å². The van der Waals surface area contributed by atoms with Gasteiger partial charge in [-0.25, -0.2) is 8.42 Å². The number of sulfone groups is 1. The summed E-state index contributed by atoms with van der Waals surface area (Å²) in [7, 11) is -3.94. The number of hydrogen-bond acceptors (Lipinski definition) is 7. The molecule has 1 aliphatic rings. The van der Waals surface area contributed by atoms with Crippen molar-refractivity contribution >= 4 is 21.7 Å². The quantitative estimate of drug-likeness (QED) is 0.641. The van der Waals surface area contributed by atoms with Crippen LogP contribution in [0.25, 0.3) is 0 Å². The molecular weight excluding hydrogens is 398 g/mol. The van der Waals surface area contributed by atoms with Gasteiger partial charge in [0.25, 0.3) is 0 Å². The van der Waals surface area contributed by atoms with E-state index in [1.807, 2.05) is 6.92 Å². The molecular formula is C19H21N3O6S. The minimum Gasteiger partial charge on any atom is -0.454 e. The molecule has 2 amide bonds. The van der Waals surface area contributed by atoms with E-state index < -0.39 is 26.9 Å². The molecule has 0 bridgehead atoms. The number of benzene rings is 1. The maximum Gasteiger partial charge on any atom is 0.309 e. The van der Waals surface area contributed by atoms with Crippen LogP contribution in [-0.2, 0) is 19.4 Å². The smallest absolute Gasteiger partial charge is 0.309 e. The molecule has 1 atom stereocenters. The molecule has 0 aliphatic carbocycles. The summed E-state index contributed by atoms with van der Waals surface area (Å²) in [4.78, 5) is 27.8. The van der Waals surface area contributed by atoms with Gasteiger partial charge in [0.1, 0.15) is 5.25 Å². The molecule has 10 heteroatoms. The van der Waals surface area contributed by atoms with Gasteiger partial charge < -0.3 is 20.1 Å². The van der Waals surface area contributed by atoms with E-state index in [1.54, 1.807) is 12.1 Å². The second kappa shape index (κ2) is 8.91. The van der Waals surface area contributed by atoms with Gasteiger partial charge >= 0.3 is 11.8 Å². The highest BCUT2D eigenvalue weighted by atomic mass is 32.2. The second-order valence-electron chi connectivity index (χ2n) is 6.30. The molecule has 154 valence electrons. The van der Waals surface area contributed by atoms with Crippen molar-refractivity contribution in [2.45, 2.75) is 23.5 Å². The summed E-state index contributed by atoms with van der Waals surface area (Å²) in [6.07, 6.45) is 3.61. The molecule has 0 unspecified atom stereocenters. The van der Waals surface area contributed by atoms with Gasteiger partial charge in [0.2, 0.25) is 6.79 Å². The Morgan fingerprint density at radius 2 is 1.90 bits per heavy atom. The van der Waals surface area contributed by atoms with Crippen molar-refractivity contribution < 1.29 is 27.5 Å². The Labute approximate surface area is 168 Å². The Balaban J connectivity index is 1.86. The van der Waals surface area contributed by atoms with Crippen molar-refractivity contribution in [3.8, 4) is 11.5 Å². The van der Waals surface area contributed by atoms with E-state index in [-0.39, 0.29) is 18.2 Å². The van der Waals surface area contributed by atoms with Crippen molar-refractivity contribution in [1.82, 2.24) is 15.6 Å². The third-order valence-electron chi connectivity index (χ3n) is 4.29. The zero-order valence-electron chi connectivity index (χ0n) is 15.8. The monoisotopic (exact) mass is 419 g/mol. The highest BCUT2D eigenvalue weighted by Crippen LogP contribution is 2.37. The first-order valence-corrected chi connectivity index (χ1v) is 10.6. The maximum absolute atomic E-state index is 13.3. The first-order valence-electron chi connectivity index (χ1n) is 9.03. The van der Waals surface area contributed by atoms with Gasteiger partial charge in [0, 0.05) is 31.5 Å². The van der Waals surface area contributed by atoms with Gasteiger partial charge in [0.05, 0.1) is 4.90 Å². The number of carbonyl (C=O) groups excluding carboxylic acids is 2. The minimum absolute atomic E-state index is 0.0142. The minimum atomic E-state index is -3.94. The third-order valence-corrected chi connectivity index (χ3v) is 6.39. The zero-order chi connectivity index (χ0) is 20.9. The molecule has 1 aliphatic heterocycles. The number of aromatic nitrogens is 1. The van der Waals surface area contributed by atoms with Crippen LogP contribution in [0.2, 0.25) is 0 Å². The van der Waals surface area contributed by atoms with Crippen LogP contribution < -0.4 is 20.1 Å². The summed E-state index contributed by atoms with van der Waals surface area (Å²) in [5.41, 5.74) is 0.388. The van der Waals surface area contributed by atoms with Gasteiger partial charge in [-0.2, -0.15) is 0 Å². The second-order valence-corrected chi connectivity index (χ2v) is 8.43. The number of nitrogens with one attached hydrogen (secondary N) is 2. The Hall–Kier alpha value is -3.14. The Morgan fingerprint density at radius 3 is 2.62 bits per heavy atom. The molecule has 3 rings (SSSR count). The Kier molecular flexibility index (Phi) is 6.32. The lowest BCUT2D eigenvalue weighted by atomic mass is 10.2. The summed E-state index contributed by atoms with van der Waals surface area (Å²) in [5, 5.41) is 3.72. The number of amides is 2. The lowest BCUT2D eigenvalue weighted by Crippen LogP contribution is -2.42. The average molecular weight is 419 g/mol. The summed E-state index contributed by atoms with van der Waals surface area (Å²) in [6, 6.07) is 7.53.